The summed E-state index contributed by atoms with van der Waals surface area (Å²) in [6.45, 7) is 0. The molecule has 1 aliphatic rings. The number of fused-ring (bicyclic) bond motifs is 2. The lowest BCUT2D eigenvalue weighted by Crippen LogP contribution is -2.29. The average molecular weight is 434 g/mol. The Balaban J connectivity index is 1.81. The average Bonchev–Trinajstić information content (AvgIpc) is 3.07. The molecule has 2 heterocycles. The van der Waals surface area contributed by atoms with E-state index >= 15 is 0 Å². The SMILES string of the molecule is COc1cccc(N2C(=O)c3oc4ccc(Cl)cc4c(=O)c3C2c2ccc(O)cc2)c1. The summed E-state index contributed by atoms with van der Waals surface area (Å²) in [6.07, 6.45) is 0. The van der Waals surface area contributed by atoms with Gasteiger partial charge in [0.1, 0.15) is 17.1 Å². The van der Waals surface area contributed by atoms with E-state index in [0.29, 0.717) is 33.0 Å². The van der Waals surface area contributed by atoms with E-state index in [-0.39, 0.29) is 22.5 Å². The number of hydrogen-bond acceptors (Lipinski definition) is 5. The monoisotopic (exact) mass is 433 g/mol. The molecule has 1 unspecified atom stereocenters. The largest absolute Gasteiger partial charge is 0.508 e. The molecule has 0 saturated carbocycles. The van der Waals surface area contributed by atoms with Crippen LogP contribution in [0.25, 0.3) is 11.0 Å². The number of hydrogen-bond donors (Lipinski definition) is 1. The second-order valence-corrected chi connectivity index (χ2v) is 7.62. The molecule has 0 fully saturated rings. The summed E-state index contributed by atoms with van der Waals surface area (Å²) in [4.78, 5) is 28.5. The highest BCUT2D eigenvalue weighted by Gasteiger charge is 2.43. The van der Waals surface area contributed by atoms with E-state index in [9.17, 15) is 14.7 Å². The molecule has 1 atom stereocenters. The number of phenolic OH excluding ortho intramolecular Hbond substituents is 1. The van der Waals surface area contributed by atoms with Gasteiger partial charge < -0.3 is 14.3 Å². The van der Waals surface area contributed by atoms with Gasteiger partial charge in [0, 0.05) is 16.8 Å². The van der Waals surface area contributed by atoms with Gasteiger partial charge in [-0.1, -0.05) is 29.8 Å². The number of aromatic hydroxyl groups is 1. The van der Waals surface area contributed by atoms with Crippen LogP contribution in [0.2, 0.25) is 5.02 Å². The fourth-order valence-corrected chi connectivity index (χ4v) is 4.12. The van der Waals surface area contributed by atoms with Crippen molar-refractivity contribution >= 4 is 34.2 Å². The van der Waals surface area contributed by atoms with E-state index in [1.165, 1.54) is 23.1 Å². The Morgan fingerprint density at radius 1 is 1.03 bits per heavy atom. The molecule has 1 N–H and O–H groups in total. The van der Waals surface area contributed by atoms with E-state index in [2.05, 4.69) is 0 Å². The summed E-state index contributed by atoms with van der Waals surface area (Å²) < 4.78 is 11.2. The van der Waals surface area contributed by atoms with E-state index < -0.39 is 11.9 Å². The molecule has 6 nitrogen and oxygen atoms in total. The molecule has 1 aromatic heterocycles. The van der Waals surface area contributed by atoms with Gasteiger partial charge in [0.05, 0.1) is 24.1 Å². The number of nitrogens with zero attached hydrogens (tertiary/aromatic N) is 1. The molecule has 1 aliphatic heterocycles. The molecule has 0 radical (unpaired) electrons. The maximum atomic E-state index is 13.5. The zero-order valence-corrected chi connectivity index (χ0v) is 17.1. The van der Waals surface area contributed by atoms with Crippen molar-refractivity contribution in [3.8, 4) is 11.5 Å². The molecule has 0 saturated heterocycles. The van der Waals surface area contributed by atoms with Gasteiger partial charge >= 0.3 is 0 Å². The fourth-order valence-electron chi connectivity index (χ4n) is 3.94. The zero-order valence-electron chi connectivity index (χ0n) is 16.3. The standard InChI is InChI=1S/C24H16ClNO5/c1-30-17-4-2-3-15(12-17)26-21(13-5-8-16(27)9-6-13)20-22(28)18-11-14(25)7-10-19(18)31-23(20)24(26)29/h2-12,21,27H,1H3. The van der Waals surface area contributed by atoms with Gasteiger partial charge in [0.15, 0.2) is 5.43 Å². The summed E-state index contributed by atoms with van der Waals surface area (Å²) in [7, 11) is 1.54. The van der Waals surface area contributed by atoms with Crippen LogP contribution in [0, 0.1) is 0 Å². The lowest BCUT2D eigenvalue weighted by Gasteiger charge is -2.25. The van der Waals surface area contributed by atoms with Gasteiger partial charge in [0.2, 0.25) is 5.76 Å². The zero-order chi connectivity index (χ0) is 21.7. The van der Waals surface area contributed by atoms with Crippen LogP contribution in [-0.2, 0) is 0 Å². The topological polar surface area (TPSA) is 80.0 Å². The van der Waals surface area contributed by atoms with Gasteiger partial charge in [-0.25, -0.2) is 0 Å². The minimum atomic E-state index is -0.741. The molecule has 0 bridgehead atoms. The van der Waals surface area contributed by atoms with Crippen LogP contribution in [-0.4, -0.2) is 18.1 Å². The molecule has 1 amide bonds. The summed E-state index contributed by atoms with van der Waals surface area (Å²) in [5, 5.41) is 10.4. The van der Waals surface area contributed by atoms with Gasteiger partial charge in [-0.2, -0.15) is 0 Å². The van der Waals surface area contributed by atoms with E-state index in [0.717, 1.165) is 0 Å². The number of carbonyl (C=O) groups excluding carboxylic acids is 1. The molecule has 4 aromatic rings. The van der Waals surface area contributed by atoms with Crippen LogP contribution in [0.5, 0.6) is 11.5 Å². The van der Waals surface area contributed by atoms with Crippen molar-refractivity contribution in [2.45, 2.75) is 6.04 Å². The van der Waals surface area contributed by atoms with Gasteiger partial charge in [-0.15, -0.1) is 0 Å². The second kappa shape index (κ2) is 7.18. The number of halogens is 1. The summed E-state index contributed by atoms with van der Waals surface area (Å²) >= 11 is 6.10. The Kier molecular flexibility index (Phi) is 4.45. The first-order valence-corrected chi connectivity index (χ1v) is 9.88. The number of methoxy groups -OCH3 is 1. The van der Waals surface area contributed by atoms with Crippen molar-refractivity contribution in [2.24, 2.45) is 0 Å². The molecular weight excluding hydrogens is 418 g/mol. The predicted molar refractivity (Wildman–Crippen MR) is 117 cm³/mol. The Bertz CT molecular complexity index is 1390. The third kappa shape index (κ3) is 3.04. The van der Waals surface area contributed by atoms with Gasteiger partial charge in [0.25, 0.3) is 5.91 Å². The van der Waals surface area contributed by atoms with Crippen LogP contribution in [0.15, 0.2) is 75.9 Å². The van der Waals surface area contributed by atoms with E-state index in [1.807, 2.05) is 0 Å². The van der Waals surface area contributed by atoms with E-state index in [1.54, 1.807) is 55.6 Å². The highest BCUT2D eigenvalue weighted by atomic mass is 35.5. The first kappa shape index (κ1) is 19.2. The minimum Gasteiger partial charge on any atom is -0.508 e. The maximum absolute atomic E-state index is 13.5. The van der Waals surface area contributed by atoms with Crippen LogP contribution < -0.4 is 15.1 Å². The van der Waals surface area contributed by atoms with Crippen LogP contribution >= 0.6 is 11.6 Å². The highest BCUT2D eigenvalue weighted by molar-refractivity contribution is 6.31. The van der Waals surface area contributed by atoms with Gasteiger partial charge in [-0.05, 0) is 48.0 Å². The lowest BCUT2D eigenvalue weighted by atomic mass is 9.98. The van der Waals surface area contributed by atoms with Crippen molar-refractivity contribution in [2.75, 3.05) is 12.0 Å². The quantitative estimate of drug-likeness (QED) is 0.496. The van der Waals surface area contributed by atoms with Gasteiger partial charge in [-0.3, -0.25) is 14.5 Å². The Morgan fingerprint density at radius 3 is 2.55 bits per heavy atom. The molecular formula is C24H16ClNO5. The summed E-state index contributed by atoms with van der Waals surface area (Å²) in [5.41, 5.74) is 1.40. The molecule has 0 aliphatic carbocycles. The Labute approximate surface area is 181 Å². The second-order valence-electron chi connectivity index (χ2n) is 7.19. The first-order chi connectivity index (χ1) is 15.0. The first-order valence-electron chi connectivity index (χ1n) is 9.50. The number of amides is 1. The summed E-state index contributed by atoms with van der Waals surface area (Å²) in [6, 6.07) is 17.4. The number of anilines is 1. The minimum absolute atomic E-state index is 0.0132. The fraction of sp³-hybridized carbons (Fsp3) is 0.0833. The number of benzene rings is 3. The molecule has 5 rings (SSSR count). The van der Waals surface area contributed by atoms with Crippen molar-refractivity contribution < 1.29 is 19.1 Å². The van der Waals surface area contributed by atoms with Crippen molar-refractivity contribution in [1.29, 1.82) is 0 Å². The number of phenols is 1. The third-order valence-corrected chi connectivity index (χ3v) is 5.61. The Hall–Kier alpha value is -3.77. The molecule has 31 heavy (non-hydrogen) atoms. The molecule has 7 heteroatoms. The third-order valence-electron chi connectivity index (χ3n) is 5.37. The molecule has 3 aromatic carbocycles. The number of ether oxygens (including phenoxy) is 1. The maximum Gasteiger partial charge on any atom is 0.295 e. The Morgan fingerprint density at radius 2 is 1.81 bits per heavy atom. The highest BCUT2D eigenvalue weighted by Crippen LogP contribution is 2.42. The van der Waals surface area contributed by atoms with Crippen molar-refractivity contribution in [3.63, 3.8) is 0 Å². The molecule has 154 valence electrons. The smallest absolute Gasteiger partial charge is 0.295 e. The van der Waals surface area contributed by atoms with Crippen LogP contribution in [0.3, 0.4) is 0 Å². The predicted octanol–water partition coefficient (Wildman–Crippen LogP) is 4.91. The van der Waals surface area contributed by atoms with E-state index in [4.69, 9.17) is 20.8 Å². The lowest BCUT2D eigenvalue weighted by molar-refractivity contribution is 0.0971. The van der Waals surface area contributed by atoms with Crippen LogP contribution in [0.1, 0.15) is 27.7 Å². The number of rotatable bonds is 3. The number of carbonyl (C=O) groups is 1. The van der Waals surface area contributed by atoms with Crippen LogP contribution in [0.4, 0.5) is 5.69 Å². The summed E-state index contributed by atoms with van der Waals surface area (Å²) in [5.74, 6) is 0.205. The normalized spacial score (nSPS) is 15.4. The van der Waals surface area contributed by atoms with Crippen molar-refractivity contribution in [1.82, 2.24) is 0 Å². The molecule has 0 spiro atoms. The van der Waals surface area contributed by atoms with Crippen molar-refractivity contribution in [3.05, 3.63) is 98.9 Å².